The molecule has 4 nitrogen and oxygen atoms in total. The van der Waals surface area contributed by atoms with E-state index < -0.39 is 12.1 Å². The summed E-state index contributed by atoms with van der Waals surface area (Å²) in [5.41, 5.74) is 0. The fraction of sp³-hybridized carbons (Fsp3) is 0.833. The Morgan fingerprint density at radius 3 is 1.10 bits per heavy atom. The first-order chi connectivity index (χ1) is 28.7. The first-order valence-corrected chi connectivity index (χ1v) is 25.9. The molecule has 0 aromatic rings. The molecule has 0 aliphatic rings. The number of aliphatic hydroxyl groups is 2. The van der Waals surface area contributed by atoms with Crippen molar-refractivity contribution in [2.75, 3.05) is 6.61 Å². The molecule has 1 amide bonds. The molecule has 0 radical (unpaired) electrons. The average Bonchev–Trinajstić information content (AvgIpc) is 3.23. The molecule has 0 heterocycles. The van der Waals surface area contributed by atoms with Crippen LogP contribution in [0.15, 0.2) is 48.6 Å². The Kier molecular flexibility index (Phi) is 48.3. The molecule has 0 aliphatic heterocycles. The van der Waals surface area contributed by atoms with Crippen LogP contribution in [0, 0.1) is 0 Å². The second-order valence-corrected chi connectivity index (χ2v) is 17.6. The highest BCUT2D eigenvalue weighted by Crippen LogP contribution is 2.16. The van der Waals surface area contributed by atoms with Gasteiger partial charge in [0.25, 0.3) is 0 Å². The number of hydrogen-bond acceptors (Lipinski definition) is 3. The fourth-order valence-corrected chi connectivity index (χ4v) is 7.81. The smallest absolute Gasteiger partial charge is 0.220 e. The first kappa shape index (κ1) is 56.4. The summed E-state index contributed by atoms with van der Waals surface area (Å²) in [6.07, 6.45) is 68.2. The molecule has 0 fully saturated rings. The van der Waals surface area contributed by atoms with Crippen LogP contribution < -0.4 is 5.32 Å². The van der Waals surface area contributed by atoms with Crippen LogP contribution in [0.25, 0.3) is 0 Å². The van der Waals surface area contributed by atoms with E-state index in [1.54, 1.807) is 6.08 Å². The number of nitrogens with one attached hydrogen (secondary N) is 1. The lowest BCUT2D eigenvalue weighted by molar-refractivity contribution is -0.123. The number of rotatable bonds is 47. The second-order valence-electron chi connectivity index (χ2n) is 17.6. The largest absolute Gasteiger partial charge is 0.394 e. The molecule has 0 aliphatic carbocycles. The fourth-order valence-electron chi connectivity index (χ4n) is 7.81. The minimum atomic E-state index is -0.865. The zero-order valence-electron chi connectivity index (χ0n) is 39.1. The van der Waals surface area contributed by atoms with E-state index in [-0.39, 0.29) is 12.5 Å². The quantitative estimate of drug-likeness (QED) is 0.0423. The lowest BCUT2D eigenvalue weighted by Crippen LogP contribution is -2.45. The van der Waals surface area contributed by atoms with Gasteiger partial charge in [-0.2, -0.15) is 0 Å². The zero-order valence-corrected chi connectivity index (χ0v) is 39.1. The first-order valence-electron chi connectivity index (χ1n) is 25.9. The molecule has 58 heavy (non-hydrogen) atoms. The van der Waals surface area contributed by atoms with Crippen LogP contribution in [0.3, 0.4) is 0 Å². The van der Waals surface area contributed by atoms with Gasteiger partial charge in [-0.25, -0.2) is 0 Å². The molecule has 0 saturated heterocycles. The summed E-state index contributed by atoms with van der Waals surface area (Å²) in [6.45, 7) is 4.30. The normalized spacial score (nSPS) is 13.2. The van der Waals surface area contributed by atoms with Crippen molar-refractivity contribution >= 4 is 5.91 Å². The Morgan fingerprint density at radius 2 is 0.724 bits per heavy atom. The highest BCUT2D eigenvalue weighted by Gasteiger charge is 2.17. The summed E-state index contributed by atoms with van der Waals surface area (Å²) in [6, 6.07) is -0.643. The van der Waals surface area contributed by atoms with E-state index in [9.17, 15) is 15.0 Å². The van der Waals surface area contributed by atoms with Crippen LogP contribution in [0.2, 0.25) is 0 Å². The van der Waals surface area contributed by atoms with E-state index in [4.69, 9.17) is 0 Å². The van der Waals surface area contributed by atoms with Gasteiger partial charge in [-0.05, 0) is 64.2 Å². The lowest BCUT2D eigenvalue weighted by atomic mass is 10.0. The van der Waals surface area contributed by atoms with Crippen molar-refractivity contribution < 1.29 is 15.0 Å². The number of unbranched alkanes of at least 4 members (excludes halogenated alkanes) is 34. The van der Waals surface area contributed by atoms with E-state index in [1.807, 2.05) is 6.08 Å². The van der Waals surface area contributed by atoms with Crippen LogP contribution in [-0.2, 0) is 4.79 Å². The van der Waals surface area contributed by atoms with Gasteiger partial charge in [0.15, 0.2) is 0 Å². The molecule has 4 heteroatoms. The van der Waals surface area contributed by atoms with E-state index in [0.29, 0.717) is 6.42 Å². The molecule has 2 unspecified atom stereocenters. The predicted octanol–water partition coefficient (Wildman–Crippen LogP) is 16.7. The van der Waals surface area contributed by atoms with Gasteiger partial charge in [0.05, 0.1) is 18.8 Å². The van der Waals surface area contributed by atoms with Crippen molar-refractivity contribution in [3.8, 4) is 0 Å². The topological polar surface area (TPSA) is 69.6 Å². The number of aliphatic hydroxyl groups excluding tert-OH is 2. The molecule has 0 saturated carbocycles. The van der Waals surface area contributed by atoms with E-state index in [0.717, 1.165) is 38.5 Å². The van der Waals surface area contributed by atoms with Gasteiger partial charge in [0, 0.05) is 6.42 Å². The Hall–Kier alpha value is -1.65. The summed E-state index contributed by atoms with van der Waals surface area (Å²) in [5, 5.41) is 23.1. The number of allylic oxidation sites excluding steroid dienone is 7. The van der Waals surface area contributed by atoms with E-state index in [2.05, 4.69) is 55.6 Å². The minimum absolute atomic E-state index is 0.0767. The van der Waals surface area contributed by atoms with Gasteiger partial charge < -0.3 is 15.5 Å². The minimum Gasteiger partial charge on any atom is -0.394 e. The van der Waals surface area contributed by atoms with Gasteiger partial charge >= 0.3 is 0 Å². The van der Waals surface area contributed by atoms with Crippen LogP contribution in [0.4, 0.5) is 0 Å². The summed E-state index contributed by atoms with van der Waals surface area (Å²) < 4.78 is 0. The Bertz CT molecular complexity index is 923. The van der Waals surface area contributed by atoms with Crippen LogP contribution in [-0.4, -0.2) is 34.9 Å². The van der Waals surface area contributed by atoms with Gasteiger partial charge in [-0.1, -0.05) is 249 Å². The zero-order chi connectivity index (χ0) is 42.1. The molecular weight excluding hydrogens is 711 g/mol. The summed E-state index contributed by atoms with van der Waals surface area (Å²) in [7, 11) is 0. The highest BCUT2D eigenvalue weighted by atomic mass is 16.3. The van der Waals surface area contributed by atoms with Crippen molar-refractivity contribution in [1.82, 2.24) is 5.32 Å². The van der Waals surface area contributed by atoms with Crippen molar-refractivity contribution in [1.29, 1.82) is 0 Å². The molecule has 340 valence electrons. The Balaban J connectivity index is 3.57. The molecule has 0 bridgehead atoms. The molecule has 0 aromatic heterocycles. The van der Waals surface area contributed by atoms with Gasteiger partial charge in [-0.3, -0.25) is 4.79 Å². The average molecular weight is 812 g/mol. The number of amides is 1. The predicted molar refractivity (Wildman–Crippen MR) is 258 cm³/mol. The lowest BCUT2D eigenvalue weighted by Gasteiger charge is -2.19. The highest BCUT2D eigenvalue weighted by molar-refractivity contribution is 5.76. The molecule has 0 aromatic carbocycles. The maximum atomic E-state index is 12.4. The molecule has 0 spiro atoms. The number of carbonyl (C=O) groups is 1. The number of carbonyl (C=O) groups excluding carboxylic acids is 1. The second kappa shape index (κ2) is 49.7. The number of hydrogen-bond donors (Lipinski definition) is 3. The van der Waals surface area contributed by atoms with Crippen LogP contribution >= 0.6 is 0 Å². The van der Waals surface area contributed by atoms with Gasteiger partial charge in [0.2, 0.25) is 5.91 Å². The van der Waals surface area contributed by atoms with Crippen molar-refractivity contribution in [3.05, 3.63) is 48.6 Å². The van der Waals surface area contributed by atoms with Crippen molar-refractivity contribution in [2.45, 2.75) is 283 Å². The third-order valence-electron chi connectivity index (χ3n) is 11.8. The molecule has 2 atom stereocenters. The third-order valence-corrected chi connectivity index (χ3v) is 11.8. The summed E-state index contributed by atoms with van der Waals surface area (Å²) >= 11 is 0. The summed E-state index contributed by atoms with van der Waals surface area (Å²) in [5.74, 6) is -0.0767. The molecule has 3 N–H and O–H groups in total. The maximum absolute atomic E-state index is 12.4. The maximum Gasteiger partial charge on any atom is 0.220 e. The van der Waals surface area contributed by atoms with Crippen molar-refractivity contribution in [3.63, 3.8) is 0 Å². The third kappa shape index (κ3) is 45.4. The summed E-state index contributed by atoms with van der Waals surface area (Å²) in [4.78, 5) is 12.4. The van der Waals surface area contributed by atoms with E-state index >= 15 is 0 Å². The SMILES string of the molecule is CCCCCCC/C=C\C/C=C\CCCCCCCCCCCC(=O)NC(CO)C(O)/C=C/CC/C=C/CCCCCCCCCCCCCCCCCCCCC. The van der Waals surface area contributed by atoms with Crippen LogP contribution in [0.1, 0.15) is 271 Å². The van der Waals surface area contributed by atoms with E-state index in [1.165, 1.54) is 212 Å². The Labute approximate surface area is 363 Å². The van der Waals surface area contributed by atoms with Crippen LogP contribution in [0.5, 0.6) is 0 Å². The standard InChI is InChI=1S/C54H101NO3/c1-3-5-7-9-11-13-15-17-19-21-23-25-26-27-28-30-31-33-35-37-39-41-43-45-47-49-53(57)52(51-56)55-54(58)50-48-46-44-42-40-38-36-34-32-29-24-22-20-18-16-14-12-10-8-6-4-2/h16,18,22,24,39,41,47,49,52-53,56-57H,3-15,17,19-21,23,25-38,40,42-46,48,50-51H2,1-2H3,(H,55,58)/b18-16-,24-22-,41-39+,49-47+. The van der Waals surface area contributed by atoms with Gasteiger partial charge in [-0.15, -0.1) is 0 Å². The molecule has 0 rings (SSSR count). The Morgan fingerprint density at radius 1 is 0.414 bits per heavy atom. The van der Waals surface area contributed by atoms with Gasteiger partial charge in [0.1, 0.15) is 0 Å². The monoisotopic (exact) mass is 812 g/mol. The van der Waals surface area contributed by atoms with Crippen molar-refractivity contribution in [2.24, 2.45) is 0 Å². The molecular formula is C54H101NO3.